The summed E-state index contributed by atoms with van der Waals surface area (Å²) in [6.07, 6.45) is 2.94. The van der Waals surface area contributed by atoms with Gasteiger partial charge < -0.3 is 15.8 Å². The number of guanidine groups is 1. The molecule has 1 aliphatic rings. The van der Waals surface area contributed by atoms with E-state index in [1.165, 1.54) is 17.3 Å². The number of ether oxygens (including phenoxy) is 1. The second-order valence-electron chi connectivity index (χ2n) is 6.58. The fraction of sp³-hybridized carbons (Fsp3) is 0.316. The van der Waals surface area contributed by atoms with Crippen molar-refractivity contribution in [3.63, 3.8) is 0 Å². The Bertz CT molecular complexity index is 928. The molecule has 0 fully saturated rings. The Morgan fingerprint density at radius 3 is 2.79 bits per heavy atom. The summed E-state index contributed by atoms with van der Waals surface area (Å²) in [5, 5.41) is 2.78. The first-order valence-electron chi connectivity index (χ1n) is 8.81. The summed E-state index contributed by atoms with van der Waals surface area (Å²) in [6, 6.07) is 7.15. The van der Waals surface area contributed by atoms with Crippen LogP contribution >= 0.6 is 0 Å². The van der Waals surface area contributed by atoms with Crippen molar-refractivity contribution in [2.24, 2.45) is 10.7 Å². The van der Waals surface area contributed by atoms with Crippen LogP contribution in [0.1, 0.15) is 36.3 Å². The SMILES string of the molecule is CCOc1cnc(C(=O)Nc2cccc(C3(C)CC(=O)N(C)C(N)=N3)c2)cn1. The van der Waals surface area contributed by atoms with Crippen LogP contribution < -0.4 is 15.8 Å². The molecule has 2 aromatic rings. The fourth-order valence-corrected chi connectivity index (χ4v) is 2.86. The molecule has 28 heavy (non-hydrogen) atoms. The van der Waals surface area contributed by atoms with Gasteiger partial charge in [0, 0.05) is 12.7 Å². The highest BCUT2D eigenvalue weighted by molar-refractivity contribution is 6.03. The van der Waals surface area contributed by atoms with Gasteiger partial charge in [-0.15, -0.1) is 0 Å². The van der Waals surface area contributed by atoms with Gasteiger partial charge in [0.2, 0.25) is 11.8 Å². The van der Waals surface area contributed by atoms with Gasteiger partial charge in [-0.1, -0.05) is 12.1 Å². The predicted molar refractivity (Wildman–Crippen MR) is 104 cm³/mol. The van der Waals surface area contributed by atoms with Crippen molar-refractivity contribution in [3.05, 3.63) is 47.9 Å². The van der Waals surface area contributed by atoms with E-state index < -0.39 is 11.4 Å². The number of benzene rings is 1. The summed E-state index contributed by atoms with van der Waals surface area (Å²) < 4.78 is 5.22. The maximum absolute atomic E-state index is 12.4. The number of hydrogen-bond acceptors (Lipinski definition) is 7. The van der Waals surface area contributed by atoms with Crippen LogP contribution in [0.2, 0.25) is 0 Å². The highest BCUT2D eigenvalue weighted by Crippen LogP contribution is 2.34. The van der Waals surface area contributed by atoms with Gasteiger partial charge in [-0.25, -0.2) is 15.0 Å². The molecular weight excluding hydrogens is 360 g/mol. The van der Waals surface area contributed by atoms with E-state index in [-0.39, 0.29) is 24.0 Å². The largest absolute Gasteiger partial charge is 0.477 e. The molecule has 1 aromatic carbocycles. The first-order chi connectivity index (χ1) is 13.3. The molecule has 0 bridgehead atoms. The molecule has 1 aromatic heterocycles. The number of nitrogens with two attached hydrogens (primary N) is 1. The molecule has 9 heteroatoms. The van der Waals surface area contributed by atoms with E-state index in [9.17, 15) is 9.59 Å². The van der Waals surface area contributed by atoms with Gasteiger partial charge in [0.1, 0.15) is 5.69 Å². The van der Waals surface area contributed by atoms with Crippen LogP contribution in [0.25, 0.3) is 0 Å². The maximum Gasteiger partial charge on any atom is 0.275 e. The topological polar surface area (TPSA) is 123 Å². The average molecular weight is 382 g/mol. The van der Waals surface area contributed by atoms with Gasteiger partial charge in [0.15, 0.2) is 5.96 Å². The molecule has 2 heterocycles. The highest BCUT2D eigenvalue weighted by Gasteiger charge is 2.36. The molecule has 0 spiro atoms. The predicted octanol–water partition coefficient (Wildman–Crippen LogP) is 1.52. The van der Waals surface area contributed by atoms with Crippen LogP contribution in [0.5, 0.6) is 5.88 Å². The van der Waals surface area contributed by atoms with E-state index in [0.717, 1.165) is 5.56 Å². The number of carbonyl (C=O) groups excluding carboxylic acids is 2. The van der Waals surface area contributed by atoms with E-state index in [1.54, 1.807) is 25.2 Å². The Morgan fingerprint density at radius 2 is 2.14 bits per heavy atom. The molecule has 1 atom stereocenters. The van der Waals surface area contributed by atoms with Crippen molar-refractivity contribution in [2.75, 3.05) is 19.0 Å². The van der Waals surface area contributed by atoms with Gasteiger partial charge in [0.25, 0.3) is 5.91 Å². The molecular formula is C19H22N6O3. The summed E-state index contributed by atoms with van der Waals surface area (Å²) in [5.74, 6) is 0.00336. The van der Waals surface area contributed by atoms with Crippen molar-refractivity contribution >= 4 is 23.5 Å². The zero-order valence-corrected chi connectivity index (χ0v) is 16.0. The lowest BCUT2D eigenvalue weighted by Gasteiger charge is -2.33. The van der Waals surface area contributed by atoms with Crippen LogP contribution in [0, 0.1) is 0 Å². The fourth-order valence-electron chi connectivity index (χ4n) is 2.86. The molecule has 0 radical (unpaired) electrons. The minimum absolute atomic E-state index is 0.117. The van der Waals surface area contributed by atoms with Gasteiger partial charge in [-0.05, 0) is 31.5 Å². The number of anilines is 1. The molecule has 9 nitrogen and oxygen atoms in total. The number of rotatable bonds is 5. The van der Waals surface area contributed by atoms with Crippen LogP contribution in [-0.2, 0) is 10.3 Å². The molecule has 3 rings (SSSR count). The zero-order valence-electron chi connectivity index (χ0n) is 16.0. The molecule has 0 saturated heterocycles. The van der Waals surface area contributed by atoms with Gasteiger partial charge in [0.05, 0.1) is 31.0 Å². The number of carbonyl (C=O) groups is 2. The Morgan fingerprint density at radius 1 is 1.36 bits per heavy atom. The number of nitrogens with zero attached hydrogens (tertiary/aromatic N) is 4. The van der Waals surface area contributed by atoms with E-state index in [0.29, 0.717) is 18.2 Å². The number of hydrogen-bond donors (Lipinski definition) is 2. The molecule has 1 aliphatic heterocycles. The van der Waals surface area contributed by atoms with Crippen molar-refractivity contribution in [1.82, 2.24) is 14.9 Å². The molecule has 1 unspecified atom stereocenters. The molecule has 3 N–H and O–H groups in total. The van der Waals surface area contributed by atoms with Gasteiger partial charge in [-0.3, -0.25) is 14.5 Å². The Labute approximate surface area is 162 Å². The quantitative estimate of drug-likeness (QED) is 0.808. The first kappa shape index (κ1) is 19.3. The first-order valence-corrected chi connectivity index (χ1v) is 8.81. The minimum Gasteiger partial charge on any atom is -0.477 e. The van der Waals surface area contributed by atoms with Gasteiger partial charge in [-0.2, -0.15) is 0 Å². The summed E-state index contributed by atoms with van der Waals surface area (Å²) in [6.45, 7) is 4.14. The Balaban J connectivity index is 1.80. The summed E-state index contributed by atoms with van der Waals surface area (Å²) >= 11 is 0. The van der Waals surface area contributed by atoms with E-state index in [4.69, 9.17) is 10.5 Å². The van der Waals surface area contributed by atoms with E-state index in [2.05, 4.69) is 20.3 Å². The van der Waals surface area contributed by atoms with Crippen LogP contribution in [0.3, 0.4) is 0 Å². The van der Waals surface area contributed by atoms with Crippen molar-refractivity contribution in [3.8, 4) is 5.88 Å². The van der Waals surface area contributed by atoms with Gasteiger partial charge >= 0.3 is 0 Å². The molecule has 0 aliphatic carbocycles. The van der Waals surface area contributed by atoms with Crippen LogP contribution in [0.4, 0.5) is 5.69 Å². The summed E-state index contributed by atoms with van der Waals surface area (Å²) in [7, 11) is 1.59. The second-order valence-corrected chi connectivity index (χ2v) is 6.58. The summed E-state index contributed by atoms with van der Waals surface area (Å²) in [4.78, 5) is 38.5. The van der Waals surface area contributed by atoms with E-state index in [1.807, 2.05) is 19.9 Å². The van der Waals surface area contributed by atoms with Crippen molar-refractivity contribution in [1.29, 1.82) is 0 Å². The zero-order chi connectivity index (χ0) is 20.3. The lowest BCUT2D eigenvalue weighted by atomic mass is 9.87. The van der Waals surface area contributed by atoms with Crippen molar-refractivity contribution < 1.29 is 14.3 Å². The van der Waals surface area contributed by atoms with E-state index >= 15 is 0 Å². The smallest absolute Gasteiger partial charge is 0.275 e. The molecule has 0 saturated carbocycles. The third kappa shape index (κ3) is 3.93. The van der Waals surface area contributed by atoms with Crippen LogP contribution in [-0.4, -0.2) is 46.3 Å². The summed E-state index contributed by atoms with van der Waals surface area (Å²) in [5.41, 5.74) is 6.56. The number of aromatic nitrogens is 2. The third-order valence-corrected chi connectivity index (χ3v) is 4.47. The van der Waals surface area contributed by atoms with Crippen molar-refractivity contribution in [2.45, 2.75) is 25.8 Å². The monoisotopic (exact) mass is 382 g/mol. The molecule has 146 valence electrons. The Hall–Kier alpha value is -3.49. The second kappa shape index (κ2) is 7.63. The standard InChI is InChI=1S/C19H22N6O3/c1-4-28-15-11-21-14(10-22-15)17(27)23-13-7-5-6-12(8-13)19(2)9-16(26)25(3)18(20)24-19/h5-8,10-11H,4,9H2,1-3H3,(H2,20,24)(H,23,27). The van der Waals surface area contributed by atoms with Crippen LogP contribution in [0.15, 0.2) is 41.7 Å². The number of aliphatic imine (C=N–C) groups is 1. The average Bonchev–Trinajstić information content (AvgIpc) is 2.67. The molecule has 2 amide bonds. The minimum atomic E-state index is -0.798. The number of amides is 2. The normalized spacial score (nSPS) is 19.2. The lowest BCUT2D eigenvalue weighted by Crippen LogP contribution is -2.47. The number of nitrogens with one attached hydrogen (secondary N) is 1. The highest BCUT2D eigenvalue weighted by atomic mass is 16.5. The third-order valence-electron chi connectivity index (χ3n) is 4.47. The maximum atomic E-state index is 12.4. The Kier molecular flexibility index (Phi) is 5.25. The lowest BCUT2D eigenvalue weighted by molar-refractivity contribution is -0.128.